The third-order valence-corrected chi connectivity index (χ3v) is 3.64. The fraction of sp³-hybridized carbons (Fsp3) is 0.0556. The second kappa shape index (κ2) is 6.99. The maximum atomic E-state index is 11.8. The van der Waals surface area contributed by atoms with Gasteiger partial charge in [-0.05, 0) is 35.9 Å². The first-order valence-electron chi connectivity index (χ1n) is 7.14. The van der Waals surface area contributed by atoms with Crippen molar-refractivity contribution in [1.82, 2.24) is 9.38 Å². The van der Waals surface area contributed by atoms with Crippen LogP contribution in [0.25, 0.3) is 11.7 Å². The van der Waals surface area contributed by atoms with Crippen LogP contribution in [0.4, 0.5) is 0 Å². The summed E-state index contributed by atoms with van der Waals surface area (Å²) in [5, 5.41) is 9.06. The van der Waals surface area contributed by atoms with Gasteiger partial charge in [-0.15, -0.1) is 0 Å². The highest BCUT2D eigenvalue weighted by Crippen LogP contribution is 2.18. The van der Waals surface area contributed by atoms with E-state index in [0.717, 1.165) is 5.56 Å². The summed E-state index contributed by atoms with van der Waals surface area (Å²) in [6, 6.07) is 14.4. The van der Waals surface area contributed by atoms with Crippen LogP contribution in [0.2, 0.25) is 5.15 Å². The molecule has 2 aromatic heterocycles. The number of fused-ring (bicyclic) bond motifs is 1. The summed E-state index contributed by atoms with van der Waals surface area (Å²) >= 11 is 6.09. The van der Waals surface area contributed by atoms with Crippen LogP contribution >= 0.6 is 11.6 Å². The number of nitriles is 1. The second-order valence-corrected chi connectivity index (χ2v) is 5.32. The highest BCUT2D eigenvalue weighted by atomic mass is 35.5. The number of pyridine rings is 1. The maximum absolute atomic E-state index is 11.8. The largest absolute Gasteiger partial charge is 0.458 e. The number of rotatable bonds is 4. The number of imidazole rings is 1. The highest BCUT2D eigenvalue weighted by molar-refractivity contribution is 6.31. The van der Waals surface area contributed by atoms with Gasteiger partial charge in [0.15, 0.2) is 5.15 Å². The molecule has 1 aromatic carbocycles. The lowest BCUT2D eigenvalue weighted by Gasteiger charge is -2.02. The van der Waals surface area contributed by atoms with E-state index in [2.05, 4.69) is 4.98 Å². The minimum atomic E-state index is -0.485. The minimum absolute atomic E-state index is 0.135. The first-order valence-corrected chi connectivity index (χ1v) is 7.51. The van der Waals surface area contributed by atoms with Crippen molar-refractivity contribution in [2.24, 2.45) is 0 Å². The zero-order valence-electron chi connectivity index (χ0n) is 12.5. The molecule has 0 saturated heterocycles. The topological polar surface area (TPSA) is 67.4 Å². The average Bonchev–Trinajstić information content (AvgIpc) is 2.93. The van der Waals surface area contributed by atoms with Gasteiger partial charge in [0.05, 0.1) is 17.3 Å². The first-order chi connectivity index (χ1) is 11.7. The van der Waals surface area contributed by atoms with E-state index < -0.39 is 5.97 Å². The molecule has 24 heavy (non-hydrogen) atoms. The molecular formula is C18H12ClN3O2. The Bertz CT molecular complexity index is 953. The number of halogens is 1. The molecule has 0 amide bonds. The number of nitrogens with zero attached hydrogens (tertiary/aromatic N) is 3. The standard InChI is InChI=1S/C18H12ClN3O2/c19-18-15(22-10-2-1-3-16(22)21-18)8-9-17(23)24-12-14-6-4-13(11-20)5-7-14/h1-10H,12H2/b9-8+. The molecule has 0 saturated carbocycles. The van der Waals surface area contributed by atoms with Crippen molar-refractivity contribution in [3.05, 3.63) is 76.7 Å². The molecule has 6 heteroatoms. The van der Waals surface area contributed by atoms with Crippen molar-refractivity contribution in [3.63, 3.8) is 0 Å². The monoisotopic (exact) mass is 337 g/mol. The smallest absolute Gasteiger partial charge is 0.331 e. The van der Waals surface area contributed by atoms with E-state index in [1.165, 1.54) is 6.08 Å². The Morgan fingerprint density at radius 3 is 2.83 bits per heavy atom. The molecule has 0 aliphatic rings. The lowest BCUT2D eigenvalue weighted by molar-refractivity contribution is -0.138. The molecule has 2 heterocycles. The highest BCUT2D eigenvalue weighted by Gasteiger charge is 2.07. The Kier molecular flexibility index (Phi) is 4.59. The molecule has 0 N–H and O–H groups in total. The Labute approximate surface area is 143 Å². The van der Waals surface area contributed by atoms with E-state index in [0.29, 0.717) is 22.1 Å². The van der Waals surface area contributed by atoms with E-state index in [1.807, 2.05) is 30.5 Å². The number of esters is 1. The summed E-state index contributed by atoms with van der Waals surface area (Å²) < 4.78 is 6.95. The van der Waals surface area contributed by atoms with Gasteiger partial charge in [0.2, 0.25) is 0 Å². The zero-order valence-corrected chi connectivity index (χ0v) is 13.3. The van der Waals surface area contributed by atoms with Crippen LogP contribution in [0.1, 0.15) is 16.8 Å². The zero-order chi connectivity index (χ0) is 16.9. The van der Waals surface area contributed by atoms with E-state index in [9.17, 15) is 4.79 Å². The molecule has 0 bridgehead atoms. The number of hydrogen-bond donors (Lipinski definition) is 0. The van der Waals surface area contributed by atoms with Crippen LogP contribution in [0.3, 0.4) is 0 Å². The number of carbonyl (C=O) groups is 1. The Morgan fingerprint density at radius 1 is 1.29 bits per heavy atom. The normalized spacial score (nSPS) is 10.8. The van der Waals surface area contributed by atoms with Gasteiger partial charge >= 0.3 is 5.97 Å². The quantitative estimate of drug-likeness (QED) is 0.538. The summed E-state index contributed by atoms with van der Waals surface area (Å²) in [5.41, 5.74) is 2.69. The fourth-order valence-corrected chi connectivity index (χ4v) is 2.40. The molecule has 0 fully saturated rings. The molecule has 0 unspecified atom stereocenters. The molecular weight excluding hydrogens is 326 g/mol. The van der Waals surface area contributed by atoms with Crippen LogP contribution in [0, 0.1) is 11.3 Å². The van der Waals surface area contributed by atoms with Crippen molar-refractivity contribution >= 4 is 29.3 Å². The minimum Gasteiger partial charge on any atom is -0.458 e. The molecule has 0 aliphatic heterocycles. The first kappa shape index (κ1) is 15.8. The van der Waals surface area contributed by atoms with Crippen molar-refractivity contribution in [2.45, 2.75) is 6.61 Å². The van der Waals surface area contributed by atoms with Crippen LogP contribution in [0.15, 0.2) is 54.7 Å². The van der Waals surface area contributed by atoms with E-state index >= 15 is 0 Å². The summed E-state index contributed by atoms with van der Waals surface area (Å²) in [6.45, 7) is 0.135. The number of carbonyl (C=O) groups excluding carboxylic acids is 1. The molecule has 0 atom stereocenters. The maximum Gasteiger partial charge on any atom is 0.331 e. The van der Waals surface area contributed by atoms with Crippen molar-refractivity contribution in [2.75, 3.05) is 0 Å². The van der Waals surface area contributed by atoms with Gasteiger partial charge in [0.25, 0.3) is 0 Å². The summed E-state index contributed by atoms with van der Waals surface area (Å²) in [4.78, 5) is 16.0. The lowest BCUT2D eigenvalue weighted by Crippen LogP contribution is -2.01. The molecule has 3 rings (SSSR count). The molecule has 118 valence electrons. The average molecular weight is 338 g/mol. The van der Waals surface area contributed by atoms with Gasteiger partial charge in [-0.1, -0.05) is 29.8 Å². The van der Waals surface area contributed by atoms with Crippen molar-refractivity contribution in [3.8, 4) is 6.07 Å². The third-order valence-electron chi connectivity index (χ3n) is 3.36. The number of ether oxygens (including phenoxy) is 1. The predicted octanol–water partition coefficient (Wildman–Crippen LogP) is 3.62. The van der Waals surface area contributed by atoms with Gasteiger partial charge < -0.3 is 4.74 Å². The van der Waals surface area contributed by atoms with Crippen molar-refractivity contribution in [1.29, 1.82) is 5.26 Å². The lowest BCUT2D eigenvalue weighted by atomic mass is 10.2. The molecule has 5 nitrogen and oxygen atoms in total. The second-order valence-electron chi connectivity index (χ2n) is 4.97. The van der Waals surface area contributed by atoms with E-state index in [-0.39, 0.29) is 6.61 Å². The van der Waals surface area contributed by atoms with Gasteiger partial charge in [0.1, 0.15) is 12.3 Å². The van der Waals surface area contributed by atoms with Gasteiger partial charge in [-0.2, -0.15) is 5.26 Å². The predicted molar refractivity (Wildman–Crippen MR) is 90.2 cm³/mol. The molecule has 0 spiro atoms. The number of aromatic nitrogens is 2. The van der Waals surface area contributed by atoms with Crippen LogP contribution < -0.4 is 0 Å². The van der Waals surface area contributed by atoms with E-state index in [4.69, 9.17) is 21.6 Å². The summed E-state index contributed by atoms with van der Waals surface area (Å²) in [7, 11) is 0. The molecule has 0 radical (unpaired) electrons. The van der Waals surface area contributed by atoms with E-state index in [1.54, 1.807) is 34.7 Å². The Balaban J connectivity index is 1.66. The van der Waals surface area contributed by atoms with Crippen LogP contribution in [-0.4, -0.2) is 15.4 Å². The SMILES string of the molecule is N#Cc1ccc(COC(=O)/C=C/c2c(Cl)nc3ccccn23)cc1. The molecule has 3 aromatic rings. The number of benzene rings is 1. The van der Waals surface area contributed by atoms with Crippen molar-refractivity contribution < 1.29 is 9.53 Å². The fourth-order valence-electron chi connectivity index (χ4n) is 2.16. The molecule has 0 aliphatic carbocycles. The summed E-state index contributed by atoms with van der Waals surface area (Å²) in [6.07, 6.45) is 4.70. The number of hydrogen-bond acceptors (Lipinski definition) is 4. The van der Waals surface area contributed by atoms with Gasteiger partial charge in [0, 0.05) is 12.3 Å². The van der Waals surface area contributed by atoms with Crippen LogP contribution in [-0.2, 0) is 16.1 Å². The van der Waals surface area contributed by atoms with Crippen LogP contribution in [0.5, 0.6) is 0 Å². The van der Waals surface area contributed by atoms with Gasteiger partial charge in [-0.25, -0.2) is 9.78 Å². The Hall–Kier alpha value is -3.10. The third kappa shape index (κ3) is 3.45. The Morgan fingerprint density at radius 2 is 2.08 bits per heavy atom. The van der Waals surface area contributed by atoms with Gasteiger partial charge in [-0.3, -0.25) is 4.40 Å². The summed E-state index contributed by atoms with van der Waals surface area (Å²) in [5.74, 6) is -0.485.